The number of nitrogens with two attached hydrogens (primary N) is 1. The lowest BCUT2D eigenvalue weighted by atomic mass is 9.91. The van der Waals surface area contributed by atoms with Crippen LogP contribution in [0.25, 0.3) is 0 Å². The van der Waals surface area contributed by atoms with Crippen LogP contribution >= 0.6 is 11.6 Å². The van der Waals surface area contributed by atoms with Gasteiger partial charge >= 0.3 is 0 Å². The van der Waals surface area contributed by atoms with Gasteiger partial charge in [0.05, 0.1) is 4.90 Å². The minimum absolute atomic E-state index is 0.0818. The predicted octanol–water partition coefficient (Wildman–Crippen LogP) is 1.70. The van der Waals surface area contributed by atoms with E-state index < -0.39 is 15.6 Å². The quantitative estimate of drug-likeness (QED) is 0.901. The van der Waals surface area contributed by atoms with E-state index in [1.807, 2.05) is 6.92 Å². The molecule has 1 amide bonds. The number of amides is 1. The smallest absolute Gasteiger partial charge is 0.238 e. The summed E-state index contributed by atoms with van der Waals surface area (Å²) in [5.41, 5.74) is 5.76. The van der Waals surface area contributed by atoms with Gasteiger partial charge in [0.2, 0.25) is 5.91 Å². The van der Waals surface area contributed by atoms with E-state index in [4.69, 9.17) is 17.3 Å². The van der Waals surface area contributed by atoms with Crippen LogP contribution in [0.1, 0.15) is 19.8 Å². The topological polar surface area (TPSA) is 80.5 Å². The van der Waals surface area contributed by atoms with Gasteiger partial charge < -0.3 is 10.6 Å². The highest BCUT2D eigenvalue weighted by molar-refractivity contribution is 7.92. The third-order valence-electron chi connectivity index (χ3n) is 4.16. The Balaban J connectivity index is 2.14. The van der Waals surface area contributed by atoms with Crippen LogP contribution in [0.2, 0.25) is 5.02 Å². The third kappa shape index (κ3) is 3.80. The third-order valence-corrected chi connectivity index (χ3v) is 6.03. The molecule has 5 nitrogen and oxygen atoms in total. The van der Waals surface area contributed by atoms with Crippen LogP contribution in [-0.2, 0) is 14.6 Å². The lowest BCUT2D eigenvalue weighted by Crippen LogP contribution is -2.52. The Morgan fingerprint density at radius 3 is 2.59 bits per heavy atom. The van der Waals surface area contributed by atoms with E-state index in [0.717, 1.165) is 12.8 Å². The SMILES string of the molecule is C[C@H]1CCCN(C(=O)CS(=O)(=O)c2ccc(Cl)cc2)[C@H]1CN. The molecule has 1 heterocycles. The summed E-state index contributed by atoms with van der Waals surface area (Å²) < 4.78 is 24.7. The molecule has 2 N–H and O–H groups in total. The monoisotopic (exact) mass is 344 g/mol. The van der Waals surface area contributed by atoms with Gasteiger partial charge in [0.15, 0.2) is 9.84 Å². The maximum absolute atomic E-state index is 12.4. The van der Waals surface area contributed by atoms with Crippen molar-refractivity contribution in [2.75, 3.05) is 18.8 Å². The number of halogens is 1. The van der Waals surface area contributed by atoms with Crippen LogP contribution in [0.4, 0.5) is 0 Å². The molecular weight excluding hydrogens is 324 g/mol. The van der Waals surface area contributed by atoms with Crippen molar-refractivity contribution in [3.8, 4) is 0 Å². The van der Waals surface area contributed by atoms with Gasteiger partial charge in [-0.2, -0.15) is 0 Å². The zero-order valence-electron chi connectivity index (χ0n) is 12.5. The number of hydrogen-bond donors (Lipinski definition) is 1. The van der Waals surface area contributed by atoms with Crippen molar-refractivity contribution >= 4 is 27.3 Å². The fourth-order valence-corrected chi connectivity index (χ4v) is 4.22. The first-order valence-corrected chi connectivity index (χ1v) is 9.36. The van der Waals surface area contributed by atoms with Gasteiger partial charge in [0, 0.05) is 24.2 Å². The molecule has 0 saturated carbocycles. The van der Waals surface area contributed by atoms with Crippen LogP contribution in [0.15, 0.2) is 29.2 Å². The molecule has 0 radical (unpaired) electrons. The molecule has 1 fully saturated rings. The highest BCUT2D eigenvalue weighted by atomic mass is 35.5. The Labute approximate surface area is 136 Å². The lowest BCUT2D eigenvalue weighted by molar-refractivity contribution is -0.133. The molecule has 1 aliphatic heterocycles. The first-order valence-electron chi connectivity index (χ1n) is 7.33. The molecule has 0 unspecified atom stereocenters. The van der Waals surface area contributed by atoms with Crippen molar-refractivity contribution in [2.45, 2.75) is 30.7 Å². The summed E-state index contributed by atoms with van der Waals surface area (Å²) >= 11 is 5.76. The molecule has 1 aromatic carbocycles. The molecule has 2 atom stereocenters. The summed E-state index contributed by atoms with van der Waals surface area (Å²) in [5.74, 6) is -0.615. The average Bonchev–Trinajstić information content (AvgIpc) is 2.47. The maximum atomic E-state index is 12.4. The predicted molar refractivity (Wildman–Crippen MR) is 86.5 cm³/mol. The second-order valence-electron chi connectivity index (χ2n) is 5.72. The molecular formula is C15H21ClN2O3S. The van der Waals surface area contributed by atoms with Gasteiger partial charge in [-0.25, -0.2) is 8.42 Å². The van der Waals surface area contributed by atoms with E-state index in [0.29, 0.717) is 24.0 Å². The van der Waals surface area contributed by atoms with Gasteiger partial charge in [-0.05, 0) is 43.0 Å². The standard InChI is InChI=1S/C15H21ClN2O3S/c1-11-3-2-8-18(14(11)9-17)15(19)10-22(20,21)13-6-4-12(16)5-7-13/h4-7,11,14H,2-3,8-10,17H2,1H3/t11-,14-/m0/s1. The number of piperidine rings is 1. The van der Waals surface area contributed by atoms with E-state index in [1.165, 1.54) is 24.3 Å². The van der Waals surface area contributed by atoms with Crippen molar-refractivity contribution in [1.29, 1.82) is 0 Å². The molecule has 1 aliphatic rings. The molecule has 122 valence electrons. The second-order valence-corrected chi connectivity index (χ2v) is 8.15. The lowest BCUT2D eigenvalue weighted by Gasteiger charge is -2.39. The molecule has 1 aromatic rings. The highest BCUT2D eigenvalue weighted by Gasteiger charge is 2.33. The number of sulfone groups is 1. The van der Waals surface area contributed by atoms with E-state index in [9.17, 15) is 13.2 Å². The molecule has 1 saturated heterocycles. The van der Waals surface area contributed by atoms with Gasteiger partial charge in [-0.3, -0.25) is 4.79 Å². The number of likely N-dealkylation sites (tertiary alicyclic amines) is 1. The van der Waals surface area contributed by atoms with E-state index in [1.54, 1.807) is 4.90 Å². The zero-order chi connectivity index (χ0) is 16.3. The fourth-order valence-electron chi connectivity index (χ4n) is 2.89. The second kappa shape index (κ2) is 6.98. The van der Waals surface area contributed by atoms with E-state index in [-0.39, 0.29) is 16.8 Å². The number of rotatable bonds is 4. The average molecular weight is 345 g/mol. The van der Waals surface area contributed by atoms with Crippen LogP contribution in [0.3, 0.4) is 0 Å². The van der Waals surface area contributed by atoms with Gasteiger partial charge in [-0.15, -0.1) is 0 Å². The summed E-state index contributed by atoms with van der Waals surface area (Å²) in [4.78, 5) is 14.2. The zero-order valence-corrected chi connectivity index (χ0v) is 14.1. The molecule has 22 heavy (non-hydrogen) atoms. The van der Waals surface area contributed by atoms with E-state index >= 15 is 0 Å². The molecule has 0 aliphatic carbocycles. The highest BCUT2D eigenvalue weighted by Crippen LogP contribution is 2.24. The number of carbonyl (C=O) groups is 1. The maximum Gasteiger partial charge on any atom is 0.238 e. The molecule has 7 heteroatoms. The Kier molecular flexibility index (Phi) is 5.47. The molecule has 0 spiro atoms. The van der Waals surface area contributed by atoms with Gasteiger partial charge in [0.1, 0.15) is 5.75 Å². The van der Waals surface area contributed by atoms with Gasteiger partial charge in [-0.1, -0.05) is 18.5 Å². The minimum atomic E-state index is -3.67. The Hall–Kier alpha value is -1.11. The molecule has 0 aromatic heterocycles. The number of nitrogens with zero attached hydrogens (tertiary/aromatic N) is 1. The summed E-state index contributed by atoms with van der Waals surface area (Å²) in [7, 11) is -3.67. The Bertz CT molecular complexity index is 631. The first-order chi connectivity index (χ1) is 10.3. The van der Waals surface area contributed by atoms with Crippen LogP contribution in [0.5, 0.6) is 0 Å². The number of benzene rings is 1. The van der Waals surface area contributed by atoms with Crippen LogP contribution in [0, 0.1) is 5.92 Å². The normalized spacial score (nSPS) is 22.6. The number of carbonyl (C=O) groups excluding carboxylic acids is 1. The van der Waals surface area contributed by atoms with Crippen molar-refractivity contribution in [3.63, 3.8) is 0 Å². The number of hydrogen-bond acceptors (Lipinski definition) is 4. The Morgan fingerprint density at radius 1 is 1.36 bits per heavy atom. The van der Waals surface area contributed by atoms with Crippen molar-refractivity contribution in [1.82, 2.24) is 4.90 Å². The van der Waals surface area contributed by atoms with E-state index in [2.05, 4.69) is 0 Å². The summed E-state index contributed by atoms with van der Waals surface area (Å²) in [6.45, 7) is 2.97. The van der Waals surface area contributed by atoms with Crippen LogP contribution in [-0.4, -0.2) is 44.1 Å². The Morgan fingerprint density at radius 2 is 2.00 bits per heavy atom. The minimum Gasteiger partial charge on any atom is -0.337 e. The van der Waals surface area contributed by atoms with Crippen molar-refractivity contribution in [3.05, 3.63) is 29.3 Å². The summed E-state index contributed by atoms with van der Waals surface area (Å²) in [5, 5.41) is 0.457. The first kappa shape index (κ1) is 17.2. The molecule has 0 bridgehead atoms. The van der Waals surface area contributed by atoms with Crippen molar-refractivity contribution < 1.29 is 13.2 Å². The fraction of sp³-hybridized carbons (Fsp3) is 0.533. The van der Waals surface area contributed by atoms with Gasteiger partial charge in [0.25, 0.3) is 0 Å². The van der Waals surface area contributed by atoms with Crippen molar-refractivity contribution in [2.24, 2.45) is 11.7 Å². The summed E-state index contributed by atoms with van der Waals surface area (Å²) in [6.07, 6.45) is 1.89. The van der Waals surface area contributed by atoms with Crippen LogP contribution < -0.4 is 5.73 Å². The summed E-state index contributed by atoms with van der Waals surface area (Å²) in [6, 6.07) is 5.77. The molecule has 2 rings (SSSR count). The largest absolute Gasteiger partial charge is 0.337 e.